The predicted octanol–water partition coefficient (Wildman–Crippen LogP) is 1.30. The molecule has 7 heteroatoms. The molecule has 2 aliphatic rings. The van der Waals surface area contributed by atoms with Gasteiger partial charge in [-0.05, 0) is 30.7 Å². The molecule has 3 rings (SSSR count). The van der Waals surface area contributed by atoms with Gasteiger partial charge in [-0.2, -0.15) is 0 Å². The van der Waals surface area contributed by atoms with Gasteiger partial charge in [0.25, 0.3) is 6.02 Å². The number of methoxy groups -OCH3 is 1. The molecule has 0 bridgehead atoms. The molecule has 22 heavy (non-hydrogen) atoms. The number of carbonyl (C=O) groups is 1. The van der Waals surface area contributed by atoms with Crippen LogP contribution in [-0.4, -0.2) is 44.5 Å². The Bertz CT molecular complexity index is 631. The van der Waals surface area contributed by atoms with Gasteiger partial charge in [-0.3, -0.25) is 4.90 Å². The number of fused-ring (bicyclic) bond motifs is 1. The van der Waals surface area contributed by atoms with Crippen molar-refractivity contribution in [1.82, 2.24) is 0 Å². The van der Waals surface area contributed by atoms with Gasteiger partial charge < -0.3 is 19.9 Å². The Kier molecular flexibility index (Phi) is 3.56. The largest absolute Gasteiger partial charge is 0.491 e. The minimum atomic E-state index is -0.460. The fourth-order valence-corrected chi connectivity index (χ4v) is 2.83. The second kappa shape index (κ2) is 5.40. The summed E-state index contributed by atoms with van der Waals surface area (Å²) >= 11 is 0. The lowest BCUT2D eigenvalue weighted by Gasteiger charge is -2.31. The van der Waals surface area contributed by atoms with Gasteiger partial charge in [0.1, 0.15) is 24.5 Å². The molecule has 2 aliphatic heterocycles. The third-order valence-corrected chi connectivity index (χ3v) is 3.92. The summed E-state index contributed by atoms with van der Waals surface area (Å²) in [6.07, 6.45) is 0.274. The maximum atomic E-state index is 11.8. The fourth-order valence-electron chi connectivity index (χ4n) is 2.83. The number of benzene rings is 1. The summed E-state index contributed by atoms with van der Waals surface area (Å²) in [5, 5.41) is 0. The molecule has 118 valence electrons. The average Bonchev–Trinajstić information content (AvgIpc) is 2.87. The van der Waals surface area contributed by atoms with Crippen LogP contribution in [0.3, 0.4) is 0 Å². The molecule has 0 radical (unpaired) electrons. The lowest BCUT2D eigenvalue weighted by atomic mass is 9.90. The first kappa shape index (κ1) is 14.5. The van der Waals surface area contributed by atoms with Crippen LogP contribution in [0.25, 0.3) is 0 Å². The molecule has 1 atom stereocenters. The van der Waals surface area contributed by atoms with E-state index in [1.54, 1.807) is 4.90 Å². The van der Waals surface area contributed by atoms with Crippen LogP contribution in [0.2, 0.25) is 0 Å². The van der Waals surface area contributed by atoms with Gasteiger partial charge in [0, 0.05) is 18.7 Å². The highest BCUT2D eigenvalue weighted by Gasteiger charge is 2.41. The molecule has 7 nitrogen and oxygen atoms in total. The summed E-state index contributed by atoms with van der Waals surface area (Å²) in [5.41, 5.74) is 6.91. The Morgan fingerprint density at radius 2 is 2.23 bits per heavy atom. The number of aliphatic imine (C=N–C) groups is 1. The molecule has 0 aliphatic carbocycles. The number of ether oxygens (including phenoxy) is 3. The fraction of sp³-hybridized carbons (Fsp3) is 0.467. The van der Waals surface area contributed by atoms with E-state index in [1.807, 2.05) is 25.1 Å². The van der Waals surface area contributed by atoms with Gasteiger partial charge in [0.05, 0.1) is 7.11 Å². The van der Waals surface area contributed by atoms with Crippen LogP contribution in [0, 0.1) is 0 Å². The Balaban J connectivity index is 1.90. The monoisotopic (exact) mass is 305 g/mol. The summed E-state index contributed by atoms with van der Waals surface area (Å²) in [7, 11) is 1.37. The van der Waals surface area contributed by atoms with E-state index < -0.39 is 5.54 Å². The first-order chi connectivity index (χ1) is 10.6. The van der Waals surface area contributed by atoms with Crippen LogP contribution < -0.4 is 15.4 Å². The third-order valence-electron chi connectivity index (χ3n) is 3.92. The van der Waals surface area contributed by atoms with Crippen LogP contribution in [0.4, 0.5) is 10.5 Å². The van der Waals surface area contributed by atoms with Gasteiger partial charge in [0.2, 0.25) is 0 Å². The molecule has 0 aromatic heterocycles. The van der Waals surface area contributed by atoms with Crippen LogP contribution in [0.1, 0.15) is 12.5 Å². The highest BCUT2D eigenvalue weighted by molar-refractivity contribution is 5.87. The Labute approximate surface area is 128 Å². The van der Waals surface area contributed by atoms with E-state index in [0.29, 0.717) is 26.2 Å². The van der Waals surface area contributed by atoms with Gasteiger partial charge in [-0.15, -0.1) is 0 Å². The molecule has 1 aromatic rings. The number of amides is 1. The minimum absolute atomic E-state index is 0.202. The van der Waals surface area contributed by atoms with E-state index in [4.69, 9.17) is 19.9 Å². The summed E-state index contributed by atoms with van der Waals surface area (Å²) in [5.74, 6) is 0.802. The van der Waals surface area contributed by atoms with Crippen molar-refractivity contribution in [2.45, 2.75) is 18.9 Å². The second-order valence-corrected chi connectivity index (χ2v) is 5.43. The maximum Gasteiger partial charge on any atom is 0.413 e. The molecule has 1 amide bonds. The van der Waals surface area contributed by atoms with Gasteiger partial charge in [-0.25, -0.2) is 9.79 Å². The van der Waals surface area contributed by atoms with Crippen LogP contribution >= 0.6 is 0 Å². The van der Waals surface area contributed by atoms with Crippen LogP contribution in [0.15, 0.2) is 23.2 Å². The van der Waals surface area contributed by atoms with E-state index in [9.17, 15) is 4.79 Å². The smallest absolute Gasteiger partial charge is 0.413 e. The molecule has 1 aromatic carbocycles. The number of carbonyl (C=O) groups excluding carboxylic acids is 1. The second-order valence-electron chi connectivity index (χ2n) is 5.43. The van der Waals surface area contributed by atoms with Crippen molar-refractivity contribution in [1.29, 1.82) is 0 Å². The van der Waals surface area contributed by atoms with Crippen molar-refractivity contribution < 1.29 is 19.0 Å². The number of anilines is 1. The van der Waals surface area contributed by atoms with E-state index in [-0.39, 0.29) is 12.1 Å². The van der Waals surface area contributed by atoms with E-state index in [2.05, 4.69) is 4.99 Å². The Hall–Kier alpha value is -2.44. The first-order valence-electron chi connectivity index (χ1n) is 7.16. The molecular weight excluding hydrogens is 286 g/mol. The molecule has 2 heterocycles. The topological polar surface area (TPSA) is 86.4 Å². The molecule has 1 unspecified atom stereocenters. The first-order valence-corrected chi connectivity index (χ1v) is 7.16. The Morgan fingerprint density at radius 1 is 1.45 bits per heavy atom. The van der Waals surface area contributed by atoms with Gasteiger partial charge in [0.15, 0.2) is 0 Å². The predicted molar refractivity (Wildman–Crippen MR) is 81.4 cm³/mol. The molecular formula is C15H19N3O4. The molecule has 0 saturated carbocycles. The van der Waals surface area contributed by atoms with Crippen molar-refractivity contribution in [2.75, 3.05) is 31.8 Å². The van der Waals surface area contributed by atoms with Crippen molar-refractivity contribution >= 4 is 17.8 Å². The zero-order valence-corrected chi connectivity index (χ0v) is 12.7. The van der Waals surface area contributed by atoms with Crippen molar-refractivity contribution in [3.63, 3.8) is 0 Å². The zero-order valence-electron chi connectivity index (χ0n) is 12.7. The van der Waals surface area contributed by atoms with Gasteiger partial charge in [-0.1, -0.05) is 0 Å². The zero-order chi connectivity index (χ0) is 15.7. The number of hydrogen-bond acceptors (Lipinski definition) is 6. The molecule has 0 saturated heterocycles. The van der Waals surface area contributed by atoms with E-state index in [1.165, 1.54) is 7.11 Å². The quantitative estimate of drug-likeness (QED) is 0.890. The van der Waals surface area contributed by atoms with E-state index >= 15 is 0 Å². The highest BCUT2D eigenvalue weighted by Crippen LogP contribution is 2.36. The van der Waals surface area contributed by atoms with Crippen molar-refractivity contribution in [3.8, 4) is 5.75 Å². The SMILES string of the molecule is CCN(C(=O)OC)c1ccc2c(c1)CC1(COC(N)=N1)CO2. The maximum absolute atomic E-state index is 11.8. The molecule has 1 spiro atoms. The number of amidine groups is 1. The number of nitrogens with two attached hydrogens (primary N) is 1. The minimum Gasteiger partial charge on any atom is -0.491 e. The van der Waals surface area contributed by atoms with Crippen LogP contribution in [0.5, 0.6) is 5.75 Å². The lowest BCUT2D eigenvalue weighted by molar-refractivity contribution is 0.153. The lowest BCUT2D eigenvalue weighted by Crippen LogP contribution is -2.41. The standard InChI is InChI=1S/C15H19N3O4/c1-3-18(14(19)20-2)11-4-5-12-10(6-11)7-15(8-21-12)9-22-13(16)17-15/h4-6H,3,7-9H2,1-2H3,(H2,16,17). The van der Waals surface area contributed by atoms with Crippen molar-refractivity contribution in [2.24, 2.45) is 10.7 Å². The van der Waals surface area contributed by atoms with Gasteiger partial charge >= 0.3 is 6.09 Å². The highest BCUT2D eigenvalue weighted by atomic mass is 16.5. The third kappa shape index (κ3) is 2.43. The summed E-state index contributed by atoms with van der Waals surface area (Å²) in [6, 6.07) is 5.85. The normalized spacial score (nSPS) is 22.4. The number of rotatable bonds is 2. The molecule has 0 fully saturated rings. The molecule has 2 N–H and O–H groups in total. The summed E-state index contributed by atoms with van der Waals surface area (Å²) in [6.45, 7) is 3.27. The van der Waals surface area contributed by atoms with Crippen LogP contribution in [-0.2, 0) is 15.9 Å². The summed E-state index contributed by atoms with van der Waals surface area (Å²) in [4.78, 5) is 17.7. The number of nitrogens with zero attached hydrogens (tertiary/aromatic N) is 2. The average molecular weight is 305 g/mol. The Morgan fingerprint density at radius 3 is 2.86 bits per heavy atom. The van der Waals surface area contributed by atoms with E-state index in [0.717, 1.165) is 17.0 Å². The summed E-state index contributed by atoms with van der Waals surface area (Å²) < 4.78 is 15.9. The number of hydrogen-bond donors (Lipinski definition) is 1. The van der Waals surface area contributed by atoms with Crippen molar-refractivity contribution in [3.05, 3.63) is 23.8 Å².